The monoisotopic (exact) mass is 444 g/mol. The summed E-state index contributed by atoms with van der Waals surface area (Å²) < 4.78 is 16.1. The summed E-state index contributed by atoms with van der Waals surface area (Å²) in [6.45, 7) is 6.79. The minimum atomic E-state index is -0.414. The van der Waals surface area contributed by atoms with Gasteiger partial charge in [0.1, 0.15) is 5.75 Å². The van der Waals surface area contributed by atoms with Crippen molar-refractivity contribution < 1.29 is 19.1 Å². The first-order valence-electron chi connectivity index (χ1n) is 10.6. The largest absolute Gasteiger partial charge is 0.491 e. The molecule has 0 unspecified atom stereocenters. The normalized spacial score (nSPS) is 11.4. The van der Waals surface area contributed by atoms with Crippen molar-refractivity contribution in [1.82, 2.24) is 5.32 Å². The van der Waals surface area contributed by atoms with Crippen LogP contribution in [0.1, 0.15) is 25.8 Å². The second-order valence-electron chi connectivity index (χ2n) is 7.29. The zero-order valence-corrected chi connectivity index (χ0v) is 18.9. The van der Waals surface area contributed by atoms with Crippen molar-refractivity contribution in [2.45, 2.75) is 32.9 Å². The number of guanidine groups is 1. The molecule has 0 fully saturated rings. The molecule has 0 saturated carbocycles. The summed E-state index contributed by atoms with van der Waals surface area (Å²) in [6, 6.07) is 14.0. The van der Waals surface area contributed by atoms with Crippen molar-refractivity contribution >= 4 is 17.3 Å². The van der Waals surface area contributed by atoms with Gasteiger partial charge in [-0.15, -0.1) is 0 Å². The van der Waals surface area contributed by atoms with Gasteiger partial charge in [-0.2, -0.15) is 0 Å². The van der Waals surface area contributed by atoms with Gasteiger partial charge in [0.05, 0.1) is 30.8 Å². The number of ether oxygens (including phenoxy) is 3. The molecule has 0 saturated heterocycles. The van der Waals surface area contributed by atoms with Gasteiger partial charge in [-0.1, -0.05) is 12.1 Å². The lowest BCUT2D eigenvalue weighted by atomic mass is 10.2. The zero-order chi connectivity index (χ0) is 23.2. The molecule has 0 aromatic heterocycles. The lowest BCUT2D eigenvalue weighted by Gasteiger charge is -2.14. The van der Waals surface area contributed by atoms with Crippen LogP contribution in [0.2, 0.25) is 0 Å². The lowest BCUT2D eigenvalue weighted by molar-refractivity contribution is -0.384. The van der Waals surface area contributed by atoms with E-state index in [1.54, 1.807) is 19.2 Å². The van der Waals surface area contributed by atoms with Crippen molar-refractivity contribution in [2.24, 2.45) is 4.99 Å². The molecule has 0 aliphatic heterocycles. The third-order valence-electron chi connectivity index (χ3n) is 4.25. The number of methoxy groups -OCH3 is 1. The fourth-order valence-electron chi connectivity index (χ4n) is 2.68. The van der Waals surface area contributed by atoms with Crippen LogP contribution in [0.3, 0.4) is 0 Å². The second-order valence-corrected chi connectivity index (χ2v) is 7.29. The van der Waals surface area contributed by atoms with E-state index in [1.807, 2.05) is 38.1 Å². The molecule has 0 spiro atoms. The van der Waals surface area contributed by atoms with E-state index < -0.39 is 4.92 Å². The standard InChI is InChI=1S/C23H32N4O5/c1-18(2)32-22-11-7-20(8-12-22)26-23(24-13-4-14-31-16-15-30-3)25-17-19-5-9-21(10-6-19)27(28)29/h5-12,18H,4,13-17H2,1-3H3,(H2,24,25,26). The second kappa shape index (κ2) is 14.0. The molecule has 0 aliphatic carbocycles. The maximum atomic E-state index is 10.8. The maximum Gasteiger partial charge on any atom is 0.269 e. The minimum absolute atomic E-state index is 0.0615. The average molecular weight is 445 g/mol. The molecule has 2 aromatic rings. The number of nitro groups is 1. The van der Waals surface area contributed by atoms with Gasteiger partial charge in [0.25, 0.3) is 5.69 Å². The molecule has 2 N–H and O–H groups in total. The summed E-state index contributed by atoms with van der Waals surface area (Å²) >= 11 is 0. The van der Waals surface area contributed by atoms with Gasteiger partial charge >= 0.3 is 0 Å². The van der Waals surface area contributed by atoms with Crippen LogP contribution in [-0.2, 0) is 16.0 Å². The highest BCUT2D eigenvalue weighted by Crippen LogP contribution is 2.17. The van der Waals surface area contributed by atoms with Gasteiger partial charge < -0.3 is 24.8 Å². The predicted molar refractivity (Wildman–Crippen MR) is 125 cm³/mol. The lowest BCUT2D eigenvalue weighted by Crippen LogP contribution is -2.32. The molecule has 9 nitrogen and oxygen atoms in total. The maximum absolute atomic E-state index is 10.8. The van der Waals surface area contributed by atoms with Gasteiger partial charge in [0.15, 0.2) is 5.96 Å². The summed E-state index contributed by atoms with van der Waals surface area (Å²) in [5.74, 6) is 1.41. The van der Waals surface area contributed by atoms with E-state index in [9.17, 15) is 10.1 Å². The minimum Gasteiger partial charge on any atom is -0.491 e. The van der Waals surface area contributed by atoms with E-state index >= 15 is 0 Å². The Hall–Kier alpha value is -3.17. The summed E-state index contributed by atoms with van der Waals surface area (Å²) in [5, 5.41) is 17.4. The van der Waals surface area contributed by atoms with E-state index in [0.717, 1.165) is 23.4 Å². The smallest absolute Gasteiger partial charge is 0.269 e. The van der Waals surface area contributed by atoms with Crippen molar-refractivity contribution in [3.63, 3.8) is 0 Å². The zero-order valence-electron chi connectivity index (χ0n) is 18.9. The molecule has 0 aliphatic rings. The molecule has 0 atom stereocenters. The number of anilines is 1. The molecule has 9 heteroatoms. The molecule has 2 rings (SSSR count). The number of non-ortho nitro benzene ring substituents is 1. The van der Waals surface area contributed by atoms with Gasteiger partial charge in [-0.3, -0.25) is 10.1 Å². The van der Waals surface area contributed by atoms with Crippen LogP contribution in [0, 0.1) is 10.1 Å². The van der Waals surface area contributed by atoms with Crippen molar-refractivity contribution in [1.29, 1.82) is 0 Å². The molecule has 0 heterocycles. The SMILES string of the molecule is COCCOCCCNC(=NCc1ccc([N+](=O)[O-])cc1)Nc1ccc(OC(C)C)cc1. The third-order valence-corrected chi connectivity index (χ3v) is 4.25. The number of benzene rings is 2. The highest BCUT2D eigenvalue weighted by molar-refractivity contribution is 5.93. The fraction of sp³-hybridized carbons (Fsp3) is 0.435. The van der Waals surface area contributed by atoms with E-state index in [2.05, 4.69) is 15.6 Å². The molecular weight excluding hydrogens is 412 g/mol. The van der Waals surface area contributed by atoms with E-state index in [4.69, 9.17) is 14.2 Å². The summed E-state index contributed by atoms with van der Waals surface area (Å²) in [5.41, 5.74) is 1.80. The van der Waals surface area contributed by atoms with Crippen molar-refractivity contribution in [3.05, 3.63) is 64.2 Å². The van der Waals surface area contributed by atoms with E-state index in [0.29, 0.717) is 38.9 Å². The first-order valence-corrected chi connectivity index (χ1v) is 10.6. The Labute approximate surface area is 188 Å². The number of hydrogen-bond donors (Lipinski definition) is 2. The predicted octanol–water partition coefficient (Wildman–Crippen LogP) is 3.99. The Morgan fingerprint density at radius 1 is 1.06 bits per heavy atom. The summed E-state index contributed by atoms with van der Waals surface area (Å²) in [6.07, 6.45) is 0.920. The Morgan fingerprint density at radius 2 is 1.78 bits per heavy atom. The highest BCUT2D eigenvalue weighted by atomic mass is 16.6. The van der Waals surface area contributed by atoms with Gasteiger partial charge in [-0.05, 0) is 50.1 Å². The molecular formula is C23H32N4O5. The molecule has 0 radical (unpaired) electrons. The van der Waals surface area contributed by atoms with Crippen LogP contribution in [0.4, 0.5) is 11.4 Å². The van der Waals surface area contributed by atoms with E-state index in [1.165, 1.54) is 12.1 Å². The van der Waals surface area contributed by atoms with Crippen molar-refractivity contribution in [3.8, 4) is 5.75 Å². The Kier molecular flexibility index (Phi) is 11.0. The van der Waals surface area contributed by atoms with Crippen LogP contribution in [0.15, 0.2) is 53.5 Å². The molecule has 2 aromatic carbocycles. The first-order chi connectivity index (χ1) is 15.5. The number of nitrogens with zero attached hydrogens (tertiary/aromatic N) is 2. The Bertz CT molecular complexity index is 838. The molecule has 174 valence electrons. The van der Waals surface area contributed by atoms with Crippen LogP contribution in [0.25, 0.3) is 0 Å². The number of nitro benzene ring substituents is 1. The number of aliphatic imine (C=N–C) groups is 1. The van der Waals surface area contributed by atoms with Gasteiger partial charge in [0, 0.05) is 38.1 Å². The average Bonchev–Trinajstić information content (AvgIpc) is 2.77. The first kappa shape index (κ1) is 25.1. The molecule has 0 amide bonds. The van der Waals surface area contributed by atoms with Crippen LogP contribution in [0.5, 0.6) is 5.75 Å². The fourth-order valence-corrected chi connectivity index (χ4v) is 2.68. The van der Waals surface area contributed by atoms with Gasteiger partial charge in [0.2, 0.25) is 0 Å². The van der Waals surface area contributed by atoms with Crippen LogP contribution >= 0.6 is 0 Å². The number of nitrogens with one attached hydrogen (secondary N) is 2. The van der Waals surface area contributed by atoms with Crippen molar-refractivity contribution in [2.75, 3.05) is 38.8 Å². The highest BCUT2D eigenvalue weighted by Gasteiger charge is 2.05. The topological polar surface area (TPSA) is 107 Å². The van der Waals surface area contributed by atoms with E-state index in [-0.39, 0.29) is 11.8 Å². The third kappa shape index (κ3) is 9.76. The number of hydrogen-bond acceptors (Lipinski definition) is 6. The summed E-state index contributed by atoms with van der Waals surface area (Å²) in [7, 11) is 1.64. The van der Waals surface area contributed by atoms with Gasteiger partial charge in [-0.25, -0.2) is 4.99 Å². The summed E-state index contributed by atoms with van der Waals surface area (Å²) in [4.78, 5) is 15.0. The van der Waals surface area contributed by atoms with Crippen LogP contribution in [-0.4, -0.2) is 50.5 Å². The Morgan fingerprint density at radius 3 is 2.41 bits per heavy atom. The molecule has 32 heavy (non-hydrogen) atoms. The Balaban J connectivity index is 1.97. The molecule has 0 bridgehead atoms. The quantitative estimate of drug-likeness (QED) is 0.158. The number of rotatable bonds is 13. The van der Waals surface area contributed by atoms with Crippen LogP contribution < -0.4 is 15.4 Å².